The van der Waals surface area contributed by atoms with E-state index in [9.17, 15) is 4.79 Å². The lowest BCUT2D eigenvalue weighted by atomic mass is 10.1. The van der Waals surface area contributed by atoms with Gasteiger partial charge >= 0.3 is 5.97 Å². The van der Waals surface area contributed by atoms with Crippen LogP contribution in [-0.2, 0) is 9.53 Å². The van der Waals surface area contributed by atoms with E-state index in [0.717, 1.165) is 25.7 Å². The summed E-state index contributed by atoms with van der Waals surface area (Å²) in [6.07, 6.45) is 11.1. The maximum Gasteiger partial charge on any atom is 0.306 e. The third kappa shape index (κ3) is 9.10. The Morgan fingerprint density at radius 1 is 1.05 bits per heavy atom. The van der Waals surface area contributed by atoms with Crippen molar-refractivity contribution in [1.82, 2.24) is 0 Å². The molecule has 20 heavy (non-hydrogen) atoms. The molecule has 0 saturated carbocycles. The largest absolute Gasteiger partial charge is 0.455 e. The van der Waals surface area contributed by atoms with Gasteiger partial charge in [0.25, 0.3) is 0 Å². The van der Waals surface area contributed by atoms with Gasteiger partial charge in [0.1, 0.15) is 0 Å². The molecule has 5 heteroatoms. The van der Waals surface area contributed by atoms with Crippen LogP contribution in [0.1, 0.15) is 65.7 Å². The normalized spacial score (nSPS) is 12.9. The molecule has 0 spiro atoms. The Morgan fingerprint density at radius 3 is 2.15 bits per heavy atom. The Hall–Kier alpha value is 0.0800. The number of rotatable bonds is 9. The number of halogens is 3. The zero-order chi connectivity index (χ0) is 15.6. The van der Waals surface area contributed by atoms with Crippen LogP contribution in [0.15, 0.2) is 12.2 Å². The van der Waals surface area contributed by atoms with Crippen molar-refractivity contribution in [2.45, 2.75) is 75.1 Å². The first-order chi connectivity index (χ1) is 9.20. The summed E-state index contributed by atoms with van der Waals surface area (Å²) >= 11 is 17.3. The summed E-state index contributed by atoms with van der Waals surface area (Å²) in [6.45, 7) is 5.22. The van der Waals surface area contributed by atoms with Crippen LogP contribution in [0, 0.1) is 0 Å². The van der Waals surface area contributed by atoms with Gasteiger partial charge in [-0.05, 0) is 40.0 Å². The minimum absolute atomic E-state index is 0.310. The molecule has 0 atom stereocenters. The van der Waals surface area contributed by atoms with E-state index in [2.05, 4.69) is 12.2 Å². The van der Waals surface area contributed by atoms with E-state index in [1.807, 2.05) is 6.92 Å². The minimum Gasteiger partial charge on any atom is -0.455 e. The summed E-state index contributed by atoms with van der Waals surface area (Å²) in [5, 5.41) is 0. The van der Waals surface area contributed by atoms with E-state index < -0.39 is 9.39 Å². The fourth-order valence-corrected chi connectivity index (χ4v) is 1.74. The van der Waals surface area contributed by atoms with E-state index >= 15 is 0 Å². The molecule has 0 aromatic carbocycles. The van der Waals surface area contributed by atoms with Gasteiger partial charge in [0.2, 0.25) is 3.79 Å². The highest BCUT2D eigenvalue weighted by Gasteiger charge is 2.43. The van der Waals surface area contributed by atoms with Crippen LogP contribution < -0.4 is 0 Å². The minimum atomic E-state index is -1.62. The van der Waals surface area contributed by atoms with Crippen LogP contribution >= 0.6 is 34.8 Å². The summed E-state index contributed by atoms with van der Waals surface area (Å²) in [6, 6.07) is 0. The van der Waals surface area contributed by atoms with Crippen molar-refractivity contribution < 1.29 is 9.53 Å². The van der Waals surface area contributed by atoms with Gasteiger partial charge in [0.15, 0.2) is 5.60 Å². The molecular formula is C15H25Cl3O2. The fourth-order valence-electron chi connectivity index (χ4n) is 1.62. The molecule has 0 aliphatic rings. The number of unbranched alkanes of at least 4 members (excludes halogenated alkanes) is 5. The quantitative estimate of drug-likeness (QED) is 0.222. The second-order valence-electron chi connectivity index (χ2n) is 5.36. The van der Waals surface area contributed by atoms with E-state index in [1.54, 1.807) is 13.8 Å². The van der Waals surface area contributed by atoms with Gasteiger partial charge in [-0.25, -0.2) is 0 Å². The lowest BCUT2D eigenvalue weighted by Gasteiger charge is -2.31. The Labute approximate surface area is 137 Å². The molecular weight excluding hydrogens is 319 g/mol. The van der Waals surface area contributed by atoms with Crippen molar-refractivity contribution in [3.05, 3.63) is 12.2 Å². The van der Waals surface area contributed by atoms with Gasteiger partial charge in [-0.2, -0.15) is 0 Å². The number of allylic oxidation sites excluding steroid dienone is 2. The van der Waals surface area contributed by atoms with Crippen LogP contribution in [0.4, 0.5) is 0 Å². The zero-order valence-corrected chi connectivity index (χ0v) is 14.8. The first-order valence-electron chi connectivity index (χ1n) is 7.10. The van der Waals surface area contributed by atoms with Crippen molar-refractivity contribution in [1.29, 1.82) is 0 Å². The molecule has 2 nitrogen and oxygen atoms in total. The summed E-state index contributed by atoms with van der Waals surface area (Å²) in [5.74, 6) is -0.310. The highest BCUT2D eigenvalue weighted by Crippen LogP contribution is 2.40. The molecule has 0 radical (unpaired) electrons. The molecule has 0 bridgehead atoms. The predicted octanol–water partition coefficient (Wildman–Crippen LogP) is 5.99. The van der Waals surface area contributed by atoms with Crippen LogP contribution in [-0.4, -0.2) is 15.4 Å². The highest BCUT2D eigenvalue weighted by molar-refractivity contribution is 6.68. The molecule has 0 aromatic heterocycles. The summed E-state index contributed by atoms with van der Waals surface area (Å²) < 4.78 is 3.60. The number of hydrogen-bond acceptors (Lipinski definition) is 2. The summed E-state index contributed by atoms with van der Waals surface area (Å²) in [5.41, 5.74) is -1.11. The SMILES string of the molecule is CC=CCCCCCCCC(=O)OC(C)(C)C(Cl)(Cl)Cl. The molecule has 0 aromatic rings. The number of carbonyl (C=O) groups excluding carboxylic acids is 1. The molecule has 0 saturated heterocycles. The Bertz CT molecular complexity index is 307. The molecule has 0 heterocycles. The monoisotopic (exact) mass is 342 g/mol. The molecule has 0 fully saturated rings. The lowest BCUT2D eigenvalue weighted by Crippen LogP contribution is -2.41. The molecule has 118 valence electrons. The summed E-state index contributed by atoms with van der Waals surface area (Å²) in [7, 11) is 0. The van der Waals surface area contributed by atoms with E-state index in [1.165, 1.54) is 12.8 Å². The Balaban J connectivity index is 3.69. The third-order valence-electron chi connectivity index (χ3n) is 3.04. The Morgan fingerprint density at radius 2 is 1.60 bits per heavy atom. The maximum absolute atomic E-state index is 11.7. The average Bonchev–Trinajstić information content (AvgIpc) is 2.30. The molecule has 0 rings (SSSR count). The van der Waals surface area contributed by atoms with Crippen molar-refractivity contribution in [3.63, 3.8) is 0 Å². The molecule has 0 aliphatic carbocycles. The number of esters is 1. The van der Waals surface area contributed by atoms with Gasteiger partial charge < -0.3 is 4.74 Å². The smallest absolute Gasteiger partial charge is 0.306 e. The molecule has 0 N–H and O–H groups in total. The predicted molar refractivity (Wildman–Crippen MR) is 87.6 cm³/mol. The van der Waals surface area contributed by atoms with Crippen LogP contribution in [0.3, 0.4) is 0 Å². The van der Waals surface area contributed by atoms with E-state index in [0.29, 0.717) is 6.42 Å². The topological polar surface area (TPSA) is 26.3 Å². The van der Waals surface area contributed by atoms with Gasteiger partial charge in [-0.1, -0.05) is 66.2 Å². The molecule has 0 aliphatic heterocycles. The number of hydrogen-bond donors (Lipinski definition) is 0. The van der Waals surface area contributed by atoms with E-state index in [4.69, 9.17) is 39.5 Å². The van der Waals surface area contributed by atoms with Gasteiger partial charge in [-0.15, -0.1) is 0 Å². The van der Waals surface area contributed by atoms with Crippen molar-refractivity contribution >= 4 is 40.8 Å². The maximum atomic E-state index is 11.7. The van der Waals surface area contributed by atoms with Crippen molar-refractivity contribution in [3.8, 4) is 0 Å². The number of ether oxygens (including phenoxy) is 1. The average molecular weight is 344 g/mol. The first-order valence-corrected chi connectivity index (χ1v) is 8.24. The van der Waals surface area contributed by atoms with Crippen LogP contribution in [0.5, 0.6) is 0 Å². The molecule has 0 unspecified atom stereocenters. The number of carbonyl (C=O) groups is 1. The highest BCUT2D eigenvalue weighted by atomic mass is 35.6. The van der Waals surface area contributed by atoms with Crippen molar-refractivity contribution in [2.24, 2.45) is 0 Å². The summed E-state index contributed by atoms with van der Waals surface area (Å²) in [4.78, 5) is 11.7. The second-order valence-corrected chi connectivity index (χ2v) is 7.64. The fraction of sp³-hybridized carbons (Fsp3) is 0.800. The van der Waals surface area contributed by atoms with Crippen LogP contribution in [0.2, 0.25) is 0 Å². The van der Waals surface area contributed by atoms with Gasteiger partial charge in [-0.3, -0.25) is 4.79 Å². The number of alkyl halides is 3. The second kappa shape index (κ2) is 9.92. The third-order valence-corrected chi connectivity index (χ3v) is 4.40. The Kier molecular flexibility index (Phi) is 9.96. The zero-order valence-electron chi connectivity index (χ0n) is 12.6. The van der Waals surface area contributed by atoms with E-state index in [-0.39, 0.29) is 5.97 Å². The van der Waals surface area contributed by atoms with Crippen molar-refractivity contribution in [2.75, 3.05) is 0 Å². The van der Waals surface area contributed by atoms with Gasteiger partial charge in [0.05, 0.1) is 0 Å². The standard InChI is InChI=1S/C15H25Cl3O2/c1-4-5-6-7-8-9-10-11-12-13(19)20-14(2,3)15(16,17)18/h4-5H,6-12H2,1-3H3. The van der Waals surface area contributed by atoms with Crippen LogP contribution in [0.25, 0.3) is 0 Å². The molecule has 0 amide bonds. The van der Waals surface area contributed by atoms with Gasteiger partial charge in [0, 0.05) is 6.42 Å². The first kappa shape index (κ1) is 20.1. The lowest BCUT2D eigenvalue weighted by molar-refractivity contribution is -0.156.